The van der Waals surface area contributed by atoms with Gasteiger partial charge in [0.15, 0.2) is 12.6 Å². The maximum absolute atomic E-state index is 9.60. The number of hydrogen-bond acceptors (Lipinski definition) is 5. The van der Waals surface area contributed by atoms with E-state index in [4.69, 9.17) is 18.9 Å². The van der Waals surface area contributed by atoms with Gasteiger partial charge in [-0.25, -0.2) is 0 Å². The van der Waals surface area contributed by atoms with E-state index in [0.29, 0.717) is 17.9 Å². The van der Waals surface area contributed by atoms with E-state index in [2.05, 4.69) is 20.8 Å². The molecule has 4 fully saturated rings. The van der Waals surface area contributed by atoms with Crippen LogP contribution in [0.4, 0.5) is 0 Å². The third-order valence-electron chi connectivity index (χ3n) is 6.68. The van der Waals surface area contributed by atoms with Crippen LogP contribution in [0, 0.1) is 29.6 Å². The molecular weight excluding hydrogens is 308 g/mol. The molecule has 2 saturated carbocycles. The molecule has 2 aliphatic heterocycles. The van der Waals surface area contributed by atoms with Crippen molar-refractivity contribution in [2.75, 3.05) is 14.2 Å². The first-order chi connectivity index (χ1) is 11.4. The first-order valence-electron chi connectivity index (χ1n) is 9.49. The maximum Gasteiger partial charge on any atom is 0.158 e. The molecule has 140 valence electrons. The first-order valence-corrected chi connectivity index (χ1v) is 9.49. The molecule has 0 amide bonds. The van der Waals surface area contributed by atoms with Gasteiger partial charge in [-0.05, 0) is 42.4 Å². The fourth-order valence-corrected chi connectivity index (χ4v) is 5.31. The van der Waals surface area contributed by atoms with Gasteiger partial charge < -0.3 is 24.1 Å². The van der Waals surface area contributed by atoms with Crippen LogP contribution in [0.2, 0.25) is 0 Å². The second kappa shape index (κ2) is 7.58. The molecule has 0 spiro atoms. The molecule has 0 aromatic heterocycles. The van der Waals surface area contributed by atoms with Crippen LogP contribution in [0.1, 0.15) is 46.5 Å². The topological polar surface area (TPSA) is 57.2 Å². The molecular formula is C19H34O5. The lowest BCUT2D eigenvalue weighted by molar-refractivity contribution is -0.136. The molecule has 24 heavy (non-hydrogen) atoms. The van der Waals surface area contributed by atoms with E-state index in [9.17, 15) is 5.11 Å². The third-order valence-corrected chi connectivity index (χ3v) is 6.68. The van der Waals surface area contributed by atoms with E-state index >= 15 is 0 Å². The highest BCUT2D eigenvalue weighted by Gasteiger charge is 2.48. The first kappa shape index (κ1) is 18.6. The molecule has 0 aromatic carbocycles. The summed E-state index contributed by atoms with van der Waals surface area (Å²) in [5.41, 5.74) is 0. The lowest BCUT2D eigenvalue weighted by Gasteiger charge is -2.14. The number of hydrogen-bond donors (Lipinski definition) is 1. The molecule has 0 aromatic rings. The van der Waals surface area contributed by atoms with Gasteiger partial charge in [0.1, 0.15) is 0 Å². The van der Waals surface area contributed by atoms with E-state index in [0.717, 1.165) is 37.0 Å². The summed E-state index contributed by atoms with van der Waals surface area (Å²) in [5, 5.41) is 9.60. The number of ether oxygens (including phenoxy) is 4. The largest absolute Gasteiger partial charge is 0.390 e. The van der Waals surface area contributed by atoms with Crippen molar-refractivity contribution in [3.63, 3.8) is 0 Å². The zero-order valence-corrected chi connectivity index (χ0v) is 15.7. The fourth-order valence-electron chi connectivity index (χ4n) is 5.31. The van der Waals surface area contributed by atoms with Gasteiger partial charge in [0, 0.05) is 27.1 Å². The molecule has 4 aliphatic rings. The quantitative estimate of drug-likeness (QED) is 0.836. The van der Waals surface area contributed by atoms with Gasteiger partial charge in [0.2, 0.25) is 0 Å². The molecule has 5 heteroatoms. The summed E-state index contributed by atoms with van der Waals surface area (Å²) in [4.78, 5) is 0. The summed E-state index contributed by atoms with van der Waals surface area (Å²) in [5.74, 6) is 3.38. The molecule has 10 atom stereocenters. The van der Waals surface area contributed by atoms with Gasteiger partial charge in [0.05, 0.1) is 18.3 Å². The highest BCUT2D eigenvalue weighted by molar-refractivity contribution is 4.94. The van der Waals surface area contributed by atoms with Crippen molar-refractivity contribution in [2.45, 2.75) is 77.3 Å². The van der Waals surface area contributed by atoms with Crippen LogP contribution in [0.25, 0.3) is 0 Å². The average Bonchev–Trinajstić information content (AvgIpc) is 3.27. The number of rotatable bonds is 2. The van der Waals surface area contributed by atoms with Gasteiger partial charge >= 0.3 is 0 Å². The van der Waals surface area contributed by atoms with Gasteiger partial charge in [-0.15, -0.1) is 0 Å². The van der Waals surface area contributed by atoms with Gasteiger partial charge in [-0.2, -0.15) is 0 Å². The molecule has 5 nitrogen and oxygen atoms in total. The van der Waals surface area contributed by atoms with Crippen molar-refractivity contribution in [1.82, 2.24) is 0 Å². The SMILES string of the molecule is COC1C[C@@H]2[C@H](O1)[C@H](C)C[C@H]2C.COC1C[C@@H]2[C@H](O1)[C@H](O)C[C@H]2C. The van der Waals surface area contributed by atoms with Crippen molar-refractivity contribution in [2.24, 2.45) is 29.6 Å². The number of aliphatic hydroxyl groups is 1. The zero-order valence-electron chi connectivity index (χ0n) is 15.7. The van der Waals surface area contributed by atoms with Gasteiger partial charge in [-0.3, -0.25) is 0 Å². The molecule has 2 saturated heterocycles. The summed E-state index contributed by atoms with van der Waals surface area (Å²) in [6.07, 6.45) is 4.48. The Kier molecular flexibility index (Phi) is 5.87. The normalized spacial score (nSPS) is 52.8. The Bertz CT molecular complexity index is 347. The van der Waals surface area contributed by atoms with Crippen molar-refractivity contribution >= 4 is 0 Å². The van der Waals surface area contributed by atoms with Crippen LogP contribution in [0.3, 0.4) is 0 Å². The van der Waals surface area contributed by atoms with E-state index in [1.165, 1.54) is 6.42 Å². The Morgan fingerprint density at radius 3 is 1.71 bits per heavy atom. The van der Waals surface area contributed by atoms with Crippen LogP contribution in [-0.2, 0) is 18.9 Å². The van der Waals surface area contributed by atoms with Gasteiger partial charge in [0.25, 0.3) is 0 Å². The van der Waals surface area contributed by atoms with Crippen LogP contribution >= 0.6 is 0 Å². The summed E-state index contributed by atoms with van der Waals surface area (Å²) in [6.45, 7) is 6.80. The summed E-state index contributed by atoms with van der Waals surface area (Å²) >= 11 is 0. The average molecular weight is 342 g/mol. The standard InChI is InChI=1S/C10H18O2.C9H16O3/c1-6-4-7(2)10-8(6)5-9(11-3)12-10;1-5-3-7(10)9-6(5)4-8(11-2)12-9/h6-10H,4-5H2,1-3H3;5-10H,3-4H2,1-2H3/t6-,7-,8+,9?,10-;5-,6+,7-,8?,9+/m11/s1. The number of methoxy groups -OCH3 is 2. The minimum absolute atomic E-state index is 0.0324. The second-order valence-electron chi connectivity index (χ2n) is 8.30. The Hall–Kier alpha value is -0.200. The summed E-state index contributed by atoms with van der Waals surface area (Å²) < 4.78 is 21.7. The number of fused-ring (bicyclic) bond motifs is 2. The van der Waals surface area contributed by atoms with Crippen LogP contribution in [-0.4, -0.2) is 50.2 Å². The second-order valence-corrected chi connectivity index (χ2v) is 8.30. The monoisotopic (exact) mass is 342 g/mol. The van der Waals surface area contributed by atoms with E-state index in [1.807, 2.05) is 0 Å². The van der Waals surface area contributed by atoms with Crippen molar-refractivity contribution in [1.29, 1.82) is 0 Å². The smallest absolute Gasteiger partial charge is 0.158 e. The molecule has 0 radical (unpaired) electrons. The predicted molar refractivity (Wildman–Crippen MR) is 90.3 cm³/mol. The van der Waals surface area contributed by atoms with Crippen LogP contribution in [0.5, 0.6) is 0 Å². The molecule has 0 bridgehead atoms. The van der Waals surface area contributed by atoms with Crippen LogP contribution in [0.15, 0.2) is 0 Å². The highest BCUT2D eigenvalue weighted by atomic mass is 16.7. The molecule has 2 heterocycles. The molecule has 1 N–H and O–H groups in total. The van der Waals surface area contributed by atoms with Crippen molar-refractivity contribution < 1.29 is 24.1 Å². The lowest BCUT2D eigenvalue weighted by Crippen LogP contribution is -2.24. The Labute approximate surface area is 146 Å². The Balaban J connectivity index is 0.000000141. The third kappa shape index (κ3) is 3.51. The zero-order chi connectivity index (χ0) is 17.4. The van der Waals surface area contributed by atoms with Crippen molar-refractivity contribution in [3.05, 3.63) is 0 Å². The van der Waals surface area contributed by atoms with Crippen LogP contribution < -0.4 is 0 Å². The Morgan fingerprint density at radius 2 is 1.21 bits per heavy atom. The number of aliphatic hydroxyl groups excluding tert-OH is 1. The summed E-state index contributed by atoms with van der Waals surface area (Å²) in [6, 6.07) is 0. The van der Waals surface area contributed by atoms with E-state index in [1.54, 1.807) is 14.2 Å². The highest BCUT2D eigenvalue weighted by Crippen LogP contribution is 2.46. The molecule has 2 aliphatic carbocycles. The maximum atomic E-state index is 9.60. The Morgan fingerprint density at radius 1 is 0.708 bits per heavy atom. The van der Waals surface area contributed by atoms with Gasteiger partial charge in [-0.1, -0.05) is 20.8 Å². The fraction of sp³-hybridized carbons (Fsp3) is 1.00. The molecule has 4 rings (SSSR count). The summed E-state index contributed by atoms with van der Waals surface area (Å²) in [7, 11) is 3.39. The minimum Gasteiger partial charge on any atom is -0.390 e. The predicted octanol–water partition coefficient (Wildman–Crippen LogP) is 2.80. The molecule has 2 unspecified atom stereocenters. The van der Waals surface area contributed by atoms with Crippen molar-refractivity contribution in [3.8, 4) is 0 Å². The van der Waals surface area contributed by atoms with E-state index < -0.39 is 0 Å². The minimum atomic E-state index is -0.273. The van der Waals surface area contributed by atoms with E-state index in [-0.39, 0.29) is 24.8 Å². The lowest BCUT2D eigenvalue weighted by atomic mass is 9.95.